The molecule has 0 radical (unpaired) electrons. The molecule has 1 N–H and O–H groups in total. The van der Waals surface area contributed by atoms with Gasteiger partial charge in [-0.2, -0.15) is 0 Å². The molecule has 2 amide bonds. The predicted octanol–water partition coefficient (Wildman–Crippen LogP) is 3.26. The molecule has 0 spiro atoms. The smallest absolute Gasteiger partial charge is 0.318 e. The van der Waals surface area contributed by atoms with Crippen molar-refractivity contribution in [2.45, 2.75) is 82.8 Å². The molecule has 1 atom stereocenters. The summed E-state index contributed by atoms with van der Waals surface area (Å²) in [5.74, 6) is 1.77. The van der Waals surface area contributed by atoms with Gasteiger partial charge in [-0.1, -0.05) is 19.3 Å². The van der Waals surface area contributed by atoms with Gasteiger partial charge in [-0.25, -0.2) is 4.79 Å². The lowest BCUT2D eigenvalue weighted by atomic mass is 9.95. The topological polar surface area (TPSA) is 63.1 Å². The number of nitrogens with zero attached hydrogens (tertiary/aromatic N) is 4. The number of hydrogen-bond donors (Lipinski definition) is 1. The fourth-order valence-corrected chi connectivity index (χ4v) is 4.19. The van der Waals surface area contributed by atoms with Gasteiger partial charge >= 0.3 is 6.03 Å². The number of carbonyl (C=O) groups excluding carboxylic acids is 1. The second kappa shape index (κ2) is 7.11. The van der Waals surface area contributed by atoms with E-state index in [2.05, 4.69) is 20.1 Å². The van der Waals surface area contributed by atoms with E-state index in [0.717, 1.165) is 56.9 Å². The van der Waals surface area contributed by atoms with E-state index in [1.54, 1.807) is 0 Å². The molecule has 2 aliphatic carbocycles. The molecular weight excluding hydrogens is 302 g/mol. The quantitative estimate of drug-likeness (QED) is 0.921. The summed E-state index contributed by atoms with van der Waals surface area (Å²) < 4.78 is 2.19. The number of aromatic nitrogens is 3. The van der Waals surface area contributed by atoms with Crippen LogP contribution in [0, 0.1) is 5.92 Å². The van der Waals surface area contributed by atoms with Crippen LogP contribution >= 0.6 is 0 Å². The van der Waals surface area contributed by atoms with Gasteiger partial charge in [0.2, 0.25) is 0 Å². The Bertz CT molecular complexity index is 562. The minimum atomic E-state index is 0.0867. The van der Waals surface area contributed by atoms with Gasteiger partial charge in [0.1, 0.15) is 6.33 Å². The molecule has 4 rings (SSSR count). The molecule has 1 aliphatic heterocycles. The van der Waals surface area contributed by atoms with E-state index in [1.807, 2.05) is 11.2 Å². The number of likely N-dealkylation sites (tertiary alicyclic amines) is 1. The Labute approximate surface area is 144 Å². The SMILES string of the molecule is O=C(NC1CCCCC1)N1CCCC[C@@H]1c1nncn1CC1CC1. The minimum Gasteiger partial charge on any atom is -0.335 e. The zero-order chi connectivity index (χ0) is 16.4. The van der Waals surface area contributed by atoms with Crippen LogP contribution < -0.4 is 5.32 Å². The molecule has 3 aliphatic rings. The molecule has 24 heavy (non-hydrogen) atoms. The third kappa shape index (κ3) is 3.57. The maximum absolute atomic E-state index is 12.9. The van der Waals surface area contributed by atoms with Crippen molar-refractivity contribution in [2.75, 3.05) is 6.54 Å². The third-order valence-electron chi connectivity index (χ3n) is 5.79. The van der Waals surface area contributed by atoms with Crippen LogP contribution in [0.1, 0.15) is 76.1 Å². The lowest BCUT2D eigenvalue weighted by molar-refractivity contribution is 0.140. The molecule has 2 heterocycles. The third-order valence-corrected chi connectivity index (χ3v) is 5.79. The van der Waals surface area contributed by atoms with Gasteiger partial charge in [0.25, 0.3) is 0 Å². The van der Waals surface area contributed by atoms with Crippen LogP contribution in [-0.4, -0.2) is 38.3 Å². The van der Waals surface area contributed by atoms with Crippen LogP contribution in [-0.2, 0) is 6.54 Å². The molecule has 1 aromatic heterocycles. The van der Waals surface area contributed by atoms with Crippen LogP contribution in [0.4, 0.5) is 4.79 Å². The predicted molar refractivity (Wildman–Crippen MR) is 91.4 cm³/mol. The molecule has 3 fully saturated rings. The molecule has 0 unspecified atom stereocenters. The highest BCUT2D eigenvalue weighted by atomic mass is 16.2. The number of urea groups is 1. The second-order valence-corrected chi connectivity index (χ2v) is 7.77. The van der Waals surface area contributed by atoms with Gasteiger partial charge in [-0.15, -0.1) is 10.2 Å². The standard InChI is InChI=1S/C18H29N5O/c24-18(20-15-6-2-1-3-7-15)23-11-5-4-8-16(23)17-21-19-13-22(17)12-14-9-10-14/h13-16H,1-12H2,(H,20,24)/t16-/m1/s1. The number of rotatable bonds is 4. The Kier molecular flexibility index (Phi) is 4.72. The maximum Gasteiger partial charge on any atom is 0.318 e. The fraction of sp³-hybridized carbons (Fsp3) is 0.833. The van der Waals surface area contributed by atoms with Crippen molar-refractivity contribution in [3.05, 3.63) is 12.2 Å². The summed E-state index contributed by atoms with van der Waals surface area (Å²) in [7, 11) is 0. The van der Waals surface area contributed by atoms with E-state index in [-0.39, 0.29) is 12.1 Å². The highest BCUT2D eigenvalue weighted by molar-refractivity contribution is 5.75. The van der Waals surface area contributed by atoms with Crippen molar-refractivity contribution < 1.29 is 4.79 Å². The first kappa shape index (κ1) is 15.9. The van der Waals surface area contributed by atoms with Crippen molar-refractivity contribution in [3.63, 3.8) is 0 Å². The Morgan fingerprint density at radius 1 is 1.08 bits per heavy atom. The Morgan fingerprint density at radius 2 is 1.88 bits per heavy atom. The second-order valence-electron chi connectivity index (χ2n) is 7.77. The number of amides is 2. The van der Waals surface area contributed by atoms with Gasteiger partial charge in [-0.05, 0) is 50.9 Å². The Balaban J connectivity index is 1.46. The van der Waals surface area contributed by atoms with E-state index in [9.17, 15) is 4.79 Å². The first-order chi connectivity index (χ1) is 11.8. The largest absolute Gasteiger partial charge is 0.335 e. The van der Waals surface area contributed by atoms with Crippen LogP contribution in [0.2, 0.25) is 0 Å². The summed E-state index contributed by atoms with van der Waals surface area (Å²) in [5, 5.41) is 11.8. The van der Waals surface area contributed by atoms with Gasteiger partial charge in [0.15, 0.2) is 5.82 Å². The first-order valence-electron chi connectivity index (χ1n) is 9.76. The van der Waals surface area contributed by atoms with Crippen LogP contribution in [0.25, 0.3) is 0 Å². The van der Waals surface area contributed by atoms with Crippen molar-refractivity contribution in [3.8, 4) is 0 Å². The minimum absolute atomic E-state index is 0.0867. The van der Waals surface area contributed by atoms with Gasteiger partial charge in [0, 0.05) is 19.1 Å². The van der Waals surface area contributed by atoms with Crippen LogP contribution in [0.5, 0.6) is 0 Å². The summed E-state index contributed by atoms with van der Waals surface area (Å²) in [4.78, 5) is 14.9. The summed E-state index contributed by atoms with van der Waals surface area (Å²) >= 11 is 0. The van der Waals surface area contributed by atoms with Crippen molar-refractivity contribution in [2.24, 2.45) is 5.92 Å². The molecule has 6 heteroatoms. The van der Waals surface area contributed by atoms with E-state index < -0.39 is 0 Å². The van der Waals surface area contributed by atoms with Gasteiger partial charge in [0.05, 0.1) is 6.04 Å². The number of piperidine rings is 1. The molecule has 6 nitrogen and oxygen atoms in total. The summed E-state index contributed by atoms with van der Waals surface area (Å²) in [5.41, 5.74) is 0. The zero-order valence-electron chi connectivity index (χ0n) is 14.5. The van der Waals surface area contributed by atoms with E-state index >= 15 is 0 Å². The van der Waals surface area contributed by atoms with E-state index in [0.29, 0.717) is 6.04 Å². The van der Waals surface area contributed by atoms with Crippen molar-refractivity contribution >= 4 is 6.03 Å². The van der Waals surface area contributed by atoms with Crippen LogP contribution in [0.3, 0.4) is 0 Å². The highest BCUT2D eigenvalue weighted by Crippen LogP contribution is 2.34. The van der Waals surface area contributed by atoms with E-state index in [4.69, 9.17) is 0 Å². The first-order valence-corrected chi connectivity index (χ1v) is 9.76. The molecular formula is C18H29N5O. The Morgan fingerprint density at radius 3 is 2.67 bits per heavy atom. The molecule has 0 bridgehead atoms. The molecule has 0 aromatic carbocycles. The lowest BCUT2D eigenvalue weighted by Gasteiger charge is -2.36. The average Bonchev–Trinajstić information content (AvgIpc) is 3.31. The van der Waals surface area contributed by atoms with Crippen molar-refractivity contribution in [1.82, 2.24) is 25.0 Å². The van der Waals surface area contributed by atoms with E-state index in [1.165, 1.54) is 32.1 Å². The number of carbonyl (C=O) groups is 1. The number of hydrogen-bond acceptors (Lipinski definition) is 3. The highest BCUT2D eigenvalue weighted by Gasteiger charge is 2.33. The molecule has 1 saturated heterocycles. The fourth-order valence-electron chi connectivity index (χ4n) is 4.19. The number of nitrogens with one attached hydrogen (secondary N) is 1. The molecule has 2 saturated carbocycles. The molecule has 1 aromatic rings. The van der Waals surface area contributed by atoms with Crippen molar-refractivity contribution in [1.29, 1.82) is 0 Å². The average molecular weight is 331 g/mol. The normalized spacial score (nSPS) is 25.7. The van der Waals surface area contributed by atoms with Crippen LogP contribution in [0.15, 0.2) is 6.33 Å². The summed E-state index contributed by atoms with van der Waals surface area (Å²) in [6.45, 7) is 1.84. The monoisotopic (exact) mass is 331 g/mol. The maximum atomic E-state index is 12.9. The zero-order valence-corrected chi connectivity index (χ0v) is 14.5. The summed E-state index contributed by atoms with van der Waals surface area (Å²) in [6, 6.07) is 0.550. The Hall–Kier alpha value is -1.59. The molecule has 132 valence electrons. The van der Waals surface area contributed by atoms with Gasteiger partial charge < -0.3 is 14.8 Å². The summed E-state index contributed by atoms with van der Waals surface area (Å²) in [6.07, 6.45) is 13.8. The van der Waals surface area contributed by atoms with Gasteiger partial charge in [-0.3, -0.25) is 0 Å². The lowest BCUT2D eigenvalue weighted by Crippen LogP contribution is -2.49.